The molecule has 6 nitrogen and oxygen atoms in total. The summed E-state index contributed by atoms with van der Waals surface area (Å²) in [7, 11) is 0. The number of nitrogens with zero attached hydrogens (tertiary/aromatic N) is 3. The molecule has 11 heteroatoms. The van der Waals surface area contributed by atoms with E-state index in [1.54, 1.807) is 34.9 Å². The highest BCUT2D eigenvalue weighted by molar-refractivity contribution is 7.99. The van der Waals surface area contributed by atoms with Gasteiger partial charge in [-0.25, -0.2) is 0 Å². The minimum absolute atomic E-state index is 0.0115. The van der Waals surface area contributed by atoms with Crippen molar-refractivity contribution < 1.29 is 27.8 Å². The lowest BCUT2D eigenvalue weighted by Gasteiger charge is -2.43. The predicted octanol–water partition coefficient (Wildman–Crippen LogP) is 4.87. The smallest absolute Gasteiger partial charge is 0.417 e. The van der Waals surface area contributed by atoms with Crippen LogP contribution in [-0.4, -0.2) is 40.1 Å². The van der Waals surface area contributed by atoms with Gasteiger partial charge in [-0.05, 0) is 67.9 Å². The summed E-state index contributed by atoms with van der Waals surface area (Å²) in [5.74, 6) is 0.987. The second-order valence-electron chi connectivity index (χ2n) is 8.68. The summed E-state index contributed by atoms with van der Waals surface area (Å²) < 4.78 is 46.7. The Bertz CT molecular complexity index is 1260. The number of carbonyl (C=O) groups is 1. The second-order valence-corrected chi connectivity index (χ2v) is 10.1. The largest absolute Gasteiger partial charge is 0.488 e. The number of aliphatic hydroxyl groups excluding tert-OH is 1. The summed E-state index contributed by atoms with van der Waals surface area (Å²) in [5, 5.41) is 18.4. The SMILES string of the molecule is N#Cc1ccc(N2C(=O)C3(CCC3)N(c3ccc4c(c3)SCC(CCO)O4)C2=S)cc1C(F)(F)F. The summed E-state index contributed by atoms with van der Waals surface area (Å²) >= 11 is 7.26. The molecule has 1 N–H and O–H groups in total. The second kappa shape index (κ2) is 8.69. The maximum Gasteiger partial charge on any atom is 0.417 e. The molecule has 2 aromatic rings. The Labute approximate surface area is 209 Å². The van der Waals surface area contributed by atoms with E-state index in [1.807, 2.05) is 6.07 Å². The van der Waals surface area contributed by atoms with Crippen LogP contribution in [0.3, 0.4) is 0 Å². The van der Waals surface area contributed by atoms with Crippen LogP contribution in [0.25, 0.3) is 0 Å². The number of carbonyl (C=O) groups excluding carboxylic acids is 1. The summed E-state index contributed by atoms with van der Waals surface area (Å²) in [6.45, 7) is 0.0343. The molecule has 2 aromatic carbocycles. The highest BCUT2D eigenvalue weighted by Crippen LogP contribution is 2.50. The number of alkyl halides is 3. The normalized spacial score (nSPS) is 20.9. The first-order chi connectivity index (χ1) is 16.7. The fourth-order valence-corrected chi connectivity index (χ4v) is 6.27. The van der Waals surface area contributed by atoms with Crippen molar-refractivity contribution in [3.63, 3.8) is 0 Å². The molecule has 182 valence electrons. The number of thioether (sulfide) groups is 1. The van der Waals surface area contributed by atoms with Gasteiger partial charge in [-0.2, -0.15) is 18.4 Å². The fourth-order valence-electron chi connectivity index (χ4n) is 4.74. The number of hydrogen-bond acceptors (Lipinski definition) is 6. The molecule has 35 heavy (non-hydrogen) atoms. The molecule has 0 bridgehead atoms. The minimum atomic E-state index is -4.75. The Hall–Kier alpha value is -2.81. The molecule has 1 atom stereocenters. The van der Waals surface area contributed by atoms with E-state index in [1.165, 1.54) is 6.07 Å². The molecule has 2 aliphatic heterocycles. The molecule has 0 aromatic heterocycles. The van der Waals surface area contributed by atoms with E-state index in [0.717, 1.165) is 28.3 Å². The summed E-state index contributed by atoms with van der Waals surface area (Å²) in [5.41, 5.74) is -1.90. The van der Waals surface area contributed by atoms with Gasteiger partial charge in [0.1, 0.15) is 17.4 Å². The Morgan fingerprint density at radius 1 is 1.23 bits per heavy atom. The first kappa shape index (κ1) is 23.9. The molecule has 3 aliphatic rings. The number of nitriles is 1. The summed E-state index contributed by atoms with van der Waals surface area (Å²) in [4.78, 5) is 17.4. The summed E-state index contributed by atoms with van der Waals surface area (Å²) in [6.07, 6.45) is -2.45. The molecule has 1 saturated carbocycles. The lowest BCUT2D eigenvalue weighted by Crippen LogP contribution is -2.55. The number of fused-ring (bicyclic) bond motifs is 1. The molecule has 2 fully saturated rings. The zero-order valence-corrected chi connectivity index (χ0v) is 20.0. The Kier molecular flexibility index (Phi) is 5.94. The van der Waals surface area contributed by atoms with Crippen LogP contribution in [0.1, 0.15) is 36.8 Å². The monoisotopic (exact) mass is 519 g/mol. The molecule has 1 spiro atoms. The van der Waals surface area contributed by atoms with E-state index < -0.39 is 22.8 Å². The van der Waals surface area contributed by atoms with E-state index in [-0.39, 0.29) is 29.4 Å². The maximum absolute atomic E-state index is 13.6. The van der Waals surface area contributed by atoms with E-state index in [4.69, 9.17) is 22.2 Å². The van der Waals surface area contributed by atoms with Gasteiger partial charge in [-0.1, -0.05) is 0 Å². The van der Waals surface area contributed by atoms with Crippen LogP contribution in [0.4, 0.5) is 24.5 Å². The number of rotatable bonds is 4. The first-order valence-electron chi connectivity index (χ1n) is 11.0. The van der Waals surface area contributed by atoms with Crippen molar-refractivity contribution in [3.05, 3.63) is 47.5 Å². The average molecular weight is 520 g/mol. The van der Waals surface area contributed by atoms with Crippen LogP contribution in [0.15, 0.2) is 41.3 Å². The van der Waals surface area contributed by atoms with Crippen molar-refractivity contribution in [1.82, 2.24) is 0 Å². The third-order valence-corrected chi connectivity index (χ3v) is 8.17. The van der Waals surface area contributed by atoms with Gasteiger partial charge in [0.25, 0.3) is 5.91 Å². The number of anilines is 2. The third-order valence-electron chi connectivity index (χ3n) is 6.63. The van der Waals surface area contributed by atoms with Gasteiger partial charge in [0.05, 0.1) is 27.8 Å². The molecular weight excluding hydrogens is 499 g/mol. The number of benzene rings is 2. The van der Waals surface area contributed by atoms with Crippen LogP contribution in [0, 0.1) is 11.3 Å². The summed E-state index contributed by atoms with van der Waals surface area (Å²) in [6, 6.07) is 10.3. The van der Waals surface area contributed by atoms with Crippen molar-refractivity contribution in [1.29, 1.82) is 5.26 Å². The van der Waals surface area contributed by atoms with Crippen molar-refractivity contribution in [2.24, 2.45) is 0 Å². The Morgan fingerprint density at radius 3 is 2.60 bits per heavy atom. The number of halogens is 3. The highest BCUT2D eigenvalue weighted by atomic mass is 32.2. The van der Waals surface area contributed by atoms with Crippen LogP contribution in [0.5, 0.6) is 5.75 Å². The van der Waals surface area contributed by atoms with Gasteiger partial charge < -0.3 is 14.7 Å². The average Bonchev–Trinajstić information content (AvgIpc) is 3.04. The molecule has 0 radical (unpaired) electrons. The number of aliphatic hydroxyl groups is 1. The maximum atomic E-state index is 13.6. The molecule has 1 saturated heterocycles. The standard InChI is InChI=1S/C24H20F3N3O3S2/c25-24(26,27)18-10-15(3-2-14(18)12-28)29-21(32)23(7-1-8-23)30(22(29)34)16-4-5-19-20(11-16)35-13-17(33-19)6-9-31/h2-5,10-11,17,31H,1,6-9,13H2. The molecule has 1 amide bonds. The van der Waals surface area contributed by atoms with Crippen molar-refractivity contribution in [2.75, 3.05) is 22.2 Å². The van der Waals surface area contributed by atoms with E-state index in [0.29, 0.717) is 36.5 Å². The molecule has 1 aliphatic carbocycles. The zero-order chi connectivity index (χ0) is 25.0. The first-order valence-corrected chi connectivity index (χ1v) is 12.4. The van der Waals surface area contributed by atoms with Crippen LogP contribution in [0.2, 0.25) is 0 Å². The number of ether oxygens (including phenoxy) is 1. The fraction of sp³-hybridized carbons (Fsp3) is 0.375. The number of amides is 1. The van der Waals surface area contributed by atoms with Crippen molar-refractivity contribution >= 4 is 46.4 Å². The molecule has 1 unspecified atom stereocenters. The molecular formula is C24H20F3N3O3S2. The molecule has 2 heterocycles. The topological polar surface area (TPSA) is 76.8 Å². The lowest BCUT2D eigenvalue weighted by atomic mass is 9.75. The van der Waals surface area contributed by atoms with Gasteiger partial charge in [-0.15, -0.1) is 11.8 Å². The van der Waals surface area contributed by atoms with Gasteiger partial charge >= 0.3 is 6.18 Å². The molecule has 5 rings (SSSR count). The van der Waals surface area contributed by atoms with Crippen LogP contribution in [-0.2, 0) is 11.0 Å². The number of hydrogen-bond donors (Lipinski definition) is 1. The van der Waals surface area contributed by atoms with Crippen molar-refractivity contribution in [3.8, 4) is 11.8 Å². The third kappa shape index (κ3) is 3.84. The van der Waals surface area contributed by atoms with Crippen LogP contribution >= 0.6 is 24.0 Å². The Morgan fingerprint density at radius 2 is 1.97 bits per heavy atom. The quantitative estimate of drug-likeness (QED) is 0.578. The zero-order valence-electron chi connectivity index (χ0n) is 18.3. The van der Waals surface area contributed by atoms with E-state index >= 15 is 0 Å². The van der Waals surface area contributed by atoms with Gasteiger partial charge in [0.15, 0.2) is 5.11 Å². The van der Waals surface area contributed by atoms with Gasteiger partial charge in [-0.3, -0.25) is 9.69 Å². The lowest BCUT2D eigenvalue weighted by molar-refractivity contribution is -0.137. The Balaban J connectivity index is 1.53. The van der Waals surface area contributed by atoms with Gasteiger partial charge in [0, 0.05) is 24.5 Å². The van der Waals surface area contributed by atoms with Crippen molar-refractivity contribution in [2.45, 2.75) is 48.4 Å². The predicted molar refractivity (Wildman–Crippen MR) is 129 cm³/mol. The van der Waals surface area contributed by atoms with Crippen LogP contribution < -0.4 is 14.5 Å². The minimum Gasteiger partial charge on any atom is -0.488 e. The van der Waals surface area contributed by atoms with E-state index in [9.17, 15) is 23.1 Å². The van der Waals surface area contributed by atoms with E-state index in [2.05, 4.69) is 0 Å². The highest BCUT2D eigenvalue weighted by Gasteiger charge is 2.59. The van der Waals surface area contributed by atoms with Gasteiger partial charge in [0.2, 0.25) is 0 Å². The number of thiocarbonyl (C=S) groups is 1.